The predicted octanol–water partition coefficient (Wildman–Crippen LogP) is 4.42. The summed E-state index contributed by atoms with van der Waals surface area (Å²) in [4.78, 5) is 38.9. The maximum Gasteiger partial charge on any atom is 0.328 e. The summed E-state index contributed by atoms with van der Waals surface area (Å²) in [6, 6.07) is 11.4. The van der Waals surface area contributed by atoms with E-state index < -0.39 is 12.0 Å². The van der Waals surface area contributed by atoms with Crippen molar-refractivity contribution in [2.45, 2.75) is 26.8 Å². The SMILES string of the molecule is COC(=O)C(C)N(C(=O)CSC(=O)c1ccccc1)c1c(C)ccc(Cl)c1C. The number of benzene rings is 2. The van der Waals surface area contributed by atoms with Crippen LogP contribution in [0.2, 0.25) is 5.02 Å². The number of thioether (sulfide) groups is 1. The van der Waals surface area contributed by atoms with Crippen molar-refractivity contribution in [1.29, 1.82) is 0 Å². The average molecular weight is 420 g/mol. The number of nitrogens with zero attached hydrogens (tertiary/aromatic N) is 1. The Morgan fingerprint density at radius 1 is 1.11 bits per heavy atom. The Morgan fingerprint density at radius 3 is 2.36 bits per heavy atom. The van der Waals surface area contributed by atoms with Crippen LogP contribution in [-0.2, 0) is 14.3 Å². The Kier molecular flexibility index (Phi) is 7.66. The number of carbonyl (C=O) groups is 3. The highest BCUT2D eigenvalue weighted by Gasteiger charge is 2.31. The van der Waals surface area contributed by atoms with E-state index in [4.69, 9.17) is 16.3 Å². The van der Waals surface area contributed by atoms with Gasteiger partial charge in [0.15, 0.2) is 0 Å². The van der Waals surface area contributed by atoms with Crippen LogP contribution in [0.5, 0.6) is 0 Å². The zero-order chi connectivity index (χ0) is 20.8. The van der Waals surface area contributed by atoms with E-state index in [-0.39, 0.29) is 16.8 Å². The number of methoxy groups -OCH3 is 1. The minimum absolute atomic E-state index is 0.111. The highest BCUT2D eigenvalue weighted by Crippen LogP contribution is 2.32. The summed E-state index contributed by atoms with van der Waals surface area (Å²) < 4.78 is 4.83. The first-order valence-electron chi connectivity index (χ1n) is 8.65. The van der Waals surface area contributed by atoms with Gasteiger partial charge >= 0.3 is 5.97 Å². The zero-order valence-corrected chi connectivity index (χ0v) is 17.8. The summed E-state index contributed by atoms with van der Waals surface area (Å²) >= 11 is 7.14. The van der Waals surface area contributed by atoms with Gasteiger partial charge in [0, 0.05) is 10.6 Å². The lowest BCUT2D eigenvalue weighted by atomic mass is 10.1. The molecule has 7 heteroatoms. The maximum absolute atomic E-state index is 13.1. The van der Waals surface area contributed by atoms with Crippen LogP contribution in [0.25, 0.3) is 0 Å². The van der Waals surface area contributed by atoms with Crippen LogP contribution >= 0.6 is 23.4 Å². The number of anilines is 1. The molecule has 0 radical (unpaired) electrons. The molecule has 2 aromatic rings. The summed E-state index contributed by atoms with van der Waals surface area (Å²) in [5.74, 6) is -1.03. The second-order valence-electron chi connectivity index (χ2n) is 6.24. The third-order valence-corrected chi connectivity index (χ3v) is 5.64. The van der Waals surface area contributed by atoms with Crippen molar-refractivity contribution in [1.82, 2.24) is 0 Å². The number of ether oxygens (including phenoxy) is 1. The highest BCUT2D eigenvalue weighted by atomic mass is 35.5. The van der Waals surface area contributed by atoms with Gasteiger partial charge in [0.05, 0.1) is 18.6 Å². The molecule has 5 nitrogen and oxygen atoms in total. The van der Waals surface area contributed by atoms with Gasteiger partial charge in [0.2, 0.25) is 11.0 Å². The Morgan fingerprint density at radius 2 is 1.75 bits per heavy atom. The van der Waals surface area contributed by atoms with Gasteiger partial charge in [-0.1, -0.05) is 59.8 Å². The molecule has 0 saturated heterocycles. The molecule has 0 aliphatic rings. The van der Waals surface area contributed by atoms with Crippen molar-refractivity contribution in [3.63, 3.8) is 0 Å². The fourth-order valence-electron chi connectivity index (χ4n) is 2.85. The summed E-state index contributed by atoms with van der Waals surface area (Å²) in [6.45, 7) is 5.22. The minimum atomic E-state index is -0.860. The average Bonchev–Trinajstić information content (AvgIpc) is 2.71. The number of esters is 1. The first-order chi connectivity index (χ1) is 13.3. The smallest absolute Gasteiger partial charge is 0.328 e. The van der Waals surface area contributed by atoms with Crippen molar-refractivity contribution in [3.8, 4) is 0 Å². The van der Waals surface area contributed by atoms with Gasteiger partial charge in [-0.15, -0.1) is 0 Å². The Hall–Kier alpha value is -2.31. The lowest BCUT2D eigenvalue weighted by Gasteiger charge is -2.30. The number of hydrogen-bond donors (Lipinski definition) is 0. The predicted molar refractivity (Wildman–Crippen MR) is 113 cm³/mol. The molecule has 1 unspecified atom stereocenters. The summed E-state index contributed by atoms with van der Waals surface area (Å²) in [5.41, 5.74) is 2.56. The molecule has 0 aliphatic heterocycles. The number of hydrogen-bond acceptors (Lipinski definition) is 5. The van der Waals surface area contributed by atoms with Gasteiger partial charge in [-0.2, -0.15) is 0 Å². The second-order valence-corrected chi connectivity index (χ2v) is 7.60. The molecule has 0 aliphatic carbocycles. The van der Waals surface area contributed by atoms with E-state index in [2.05, 4.69) is 0 Å². The minimum Gasteiger partial charge on any atom is -0.467 e. The molecule has 0 N–H and O–H groups in total. The van der Waals surface area contributed by atoms with E-state index in [0.717, 1.165) is 17.3 Å². The number of amides is 1. The normalized spacial score (nSPS) is 11.6. The van der Waals surface area contributed by atoms with Gasteiger partial charge in [-0.3, -0.25) is 14.5 Å². The van der Waals surface area contributed by atoms with Crippen molar-refractivity contribution in [2.75, 3.05) is 17.8 Å². The molecule has 2 rings (SSSR count). The second kappa shape index (κ2) is 9.75. The quantitative estimate of drug-likeness (QED) is 0.648. The molecule has 0 bridgehead atoms. The van der Waals surface area contributed by atoms with Crippen molar-refractivity contribution in [2.24, 2.45) is 0 Å². The van der Waals surface area contributed by atoms with Gasteiger partial charge in [0.1, 0.15) is 6.04 Å². The molecule has 2 aromatic carbocycles. The van der Waals surface area contributed by atoms with Crippen LogP contribution in [-0.4, -0.2) is 35.9 Å². The van der Waals surface area contributed by atoms with E-state index in [1.54, 1.807) is 50.2 Å². The van der Waals surface area contributed by atoms with E-state index in [9.17, 15) is 14.4 Å². The Balaban J connectivity index is 2.32. The maximum atomic E-state index is 13.1. The van der Waals surface area contributed by atoms with Gasteiger partial charge in [-0.05, 0) is 38.0 Å². The fourth-order valence-corrected chi connectivity index (χ4v) is 3.70. The Labute approximate surface area is 174 Å². The largest absolute Gasteiger partial charge is 0.467 e. The summed E-state index contributed by atoms with van der Waals surface area (Å²) in [5, 5.41) is 0.280. The molecule has 0 fully saturated rings. The van der Waals surface area contributed by atoms with Crippen LogP contribution in [0.3, 0.4) is 0 Å². The third-order valence-electron chi connectivity index (χ3n) is 4.34. The van der Waals surface area contributed by atoms with Crippen molar-refractivity contribution < 1.29 is 19.1 Å². The monoisotopic (exact) mass is 419 g/mol. The molecule has 0 aromatic heterocycles. The summed E-state index contributed by atoms with van der Waals surface area (Å²) in [6.07, 6.45) is 0. The highest BCUT2D eigenvalue weighted by molar-refractivity contribution is 8.14. The van der Waals surface area contributed by atoms with E-state index in [1.807, 2.05) is 13.0 Å². The number of rotatable bonds is 6. The van der Waals surface area contributed by atoms with Gasteiger partial charge in [0.25, 0.3) is 0 Å². The van der Waals surface area contributed by atoms with Crippen LogP contribution in [0.1, 0.15) is 28.4 Å². The third kappa shape index (κ3) is 4.94. The Bertz CT molecular complexity index is 885. The molecule has 1 amide bonds. The van der Waals surface area contributed by atoms with E-state index >= 15 is 0 Å². The van der Waals surface area contributed by atoms with Crippen LogP contribution in [0, 0.1) is 13.8 Å². The lowest BCUT2D eigenvalue weighted by molar-refractivity contribution is -0.142. The molecular weight excluding hydrogens is 398 g/mol. The number of halogens is 1. The summed E-state index contributed by atoms with van der Waals surface area (Å²) in [7, 11) is 1.27. The number of aryl methyl sites for hydroxylation is 1. The fraction of sp³-hybridized carbons (Fsp3) is 0.286. The van der Waals surface area contributed by atoms with Gasteiger partial charge < -0.3 is 4.74 Å². The molecule has 0 heterocycles. The van der Waals surface area contributed by atoms with Crippen molar-refractivity contribution >= 4 is 46.0 Å². The van der Waals surface area contributed by atoms with Crippen LogP contribution < -0.4 is 4.90 Å². The molecular formula is C21H22ClNO4S. The molecule has 148 valence electrons. The number of carbonyl (C=O) groups excluding carboxylic acids is 3. The van der Waals surface area contributed by atoms with E-state index in [1.165, 1.54) is 12.0 Å². The molecule has 1 atom stereocenters. The van der Waals surface area contributed by atoms with Crippen molar-refractivity contribution in [3.05, 3.63) is 64.2 Å². The molecule has 0 spiro atoms. The molecule has 0 saturated carbocycles. The molecule has 28 heavy (non-hydrogen) atoms. The standard InChI is InChI=1S/C21H22ClNO4S/c1-13-10-11-17(22)14(2)19(13)23(15(3)20(25)27-4)18(24)12-28-21(26)16-8-6-5-7-9-16/h5-11,15H,12H2,1-4H3. The lowest BCUT2D eigenvalue weighted by Crippen LogP contribution is -2.45. The topological polar surface area (TPSA) is 63.7 Å². The first kappa shape index (κ1) is 22.0. The first-order valence-corrected chi connectivity index (χ1v) is 10.0. The van der Waals surface area contributed by atoms with E-state index in [0.29, 0.717) is 21.8 Å². The van der Waals surface area contributed by atoms with Crippen LogP contribution in [0.4, 0.5) is 5.69 Å². The van der Waals surface area contributed by atoms with Gasteiger partial charge in [-0.25, -0.2) is 4.79 Å². The zero-order valence-electron chi connectivity index (χ0n) is 16.2. The van der Waals surface area contributed by atoms with Crippen LogP contribution in [0.15, 0.2) is 42.5 Å².